The topological polar surface area (TPSA) is 90.1 Å². The summed E-state index contributed by atoms with van der Waals surface area (Å²) in [5.74, 6) is 0.495. The van der Waals surface area contributed by atoms with Crippen molar-refractivity contribution in [1.29, 1.82) is 0 Å². The fourth-order valence-electron chi connectivity index (χ4n) is 3.70. The van der Waals surface area contributed by atoms with Crippen molar-refractivity contribution in [2.45, 2.75) is 31.1 Å². The number of pyridine rings is 1. The third kappa shape index (κ3) is 4.71. The van der Waals surface area contributed by atoms with Gasteiger partial charge in [0.25, 0.3) is 0 Å². The first-order chi connectivity index (χ1) is 14.6. The summed E-state index contributed by atoms with van der Waals surface area (Å²) in [6.45, 7) is 1.61. The predicted molar refractivity (Wildman–Crippen MR) is 107 cm³/mol. The Morgan fingerprint density at radius 3 is 2.73 bits per heavy atom. The number of halogens is 1. The SMILES string of the molecule is O=C(CCc1nc(-c2ccncc2)no1)NCC1(c2cccc(F)c2)CCOCC1. The Bertz CT molecular complexity index is 987. The number of hydrogen-bond donors (Lipinski definition) is 1. The molecule has 7 nitrogen and oxygen atoms in total. The van der Waals surface area contributed by atoms with Crippen molar-refractivity contribution in [2.75, 3.05) is 19.8 Å². The van der Waals surface area contributed by atoms with Crippen LogP contribution in [0.4, 0.5) is 4.39 Å². The Morgan fingerprint density at radius 2 is 1.97 bits per heavy atom. The fourth-order valence-corrected chi connectivity index (χ4v) is 3.70. The van der Waals surface area contributed by atoms with Crippen LogP contribution in [0.1, 0.15) is 30.7 Å². The molecule has 0 spiro atoms. The standard InChI is InChI=1S/C22H23FN4O3/c23-18-3-1-2-17(14-18)22(8-12-29-13-9-22)15-25-19(28)4-5-20-26-21(27-30-20)16-6-10-24-11-7-16/h1-3,6-7,10-11,14H,4-5,8-9,12-13,15H2,(H,25,28). The van der Waals surface area contributed by atoms with Crippen molar-refractivity contribution in [1.82, 2.24) is 20.4 Å². The van der Waals surface area contributed by atoms with Crippen LogP contribution < -0.4 is 5.32 Å². The molecule has 0 atom stereocenters. The zero-order valence-electron chi connectivity index (χ0n) is 16.5. The van der Waals surface area contributed by atoms with Gasteiger partial charge in [0.2, 0.25) is 17.6 Å². The average molecular weight is 410 g/mol. The Morgan fingerprint density at radius 1 is 1.17 bits per heavy atom. The second-order valence-corrected chi connectivity index (χ2v) is 7.43. The van der Waals surface area contributed by atoms with Crippen molar-refractivity contribution in [3.05, 3.63) is 66.1 Å². The molecule has 1 fully saturated rings. The van der Waals surface area contributed by atoms with Crippen LogP contribution in [-0.2, 0) is 21.4 Å². The second kappa shape index (κ2) is 9.13. The van der Waals surface area contributed by atoms with Crippen molar-refractivity contribution < 1.29 is 18.4 Å². The Balaban J connectivity index is 1.35. The second-order valence-electron chi connectivity index (χ2n) is 7.43. The van der Waals surface area contributed by atoms with E-state index in [-0.39, 0.29) is 23.6 Å². The maximum Gasteiger partial charge on any atom is 0.227 e. The van der Waals surface area contributed by atoms with E-state index in [1.54, 1.807) is 36.7 Å². The maximum atomic E-state index is 13.8. The number of nitrogens with one attached hydrogen (secondary N) is 1. The van der Waals surface area contributed by atoms with Crippen LogP contribution in [0.25, 0.3) is 11.4 Å². The van der Waals surface area contributed by atoms with Crippen LogP contribution in [0.15, 0.2) is 53.3 Å². The van der Waals surface area contributed by atoms with Gasteiger partial charge in [-0.2, -0.15) is 4.98 Å². The summed E-state index contributed by atoms with van der Waals surface area (Å²) in [5, 5.41) is 6.95. The third-order valence-corrected chi connectivity index (χ3v) is 5.48. The molecule has 1 aliphatic rings. The Labute approximate surface area is 173 Å². The lowest BCUT2D eigenvalue weighted by Gasteiger charge is -2.38. The van der Waals surface area contributed by atoms with Gasteiger partial charge < -0.3 is 14.6 Å². The summed E-state index contributed by atoms with van der Waals surface area (Å²) in [6.07, 6.45) is 5.35. The number of rotatable bonds is 7. The molecule has 3 aromatic rings. The van der Waals surface area contributed by atoms with Crippen LogP contribution in [0.5, 0.6) is 0 Å². The number of carbonyl (C=O) groups excluding carboxylic acids is 1. The van der Waals surface area contributed by atoms with Crippen LogP contribution in [0.2, 0.25) is 0 Å². The summed E-state index contributed by atoms with van der Waals surface area (Å²) in [5.41, 5.74) is 1.38. The van der Waals surface area contributed by atoms with Gasteiger partial charge in [-0.25, -0.2) is 4.39 Å². The minimum Gasteiger partial charge on any atom is -0.381 e. The van der Waals surface area contributed by atoms with Crippen LogP contribution in [0.3, 0.4) is 0 Å². The molecule has 1 aliphatic heterocycles. The van der Waals surface area contributed by atoms with Crippen LogP contribution >= 0.6 is 0 Å². The molecule has 1 amide bonds. The van der Waals surface area contributed by atoms with Gasteiger partial charge in [-0.05, 0) is 42.7 Å². The summed E-state index contributed by atoms with van der Waals surface area (Å²) in [6, 6.07) is 10.2. The molecule has 0 bridgehead atoms. The number of amides is 1. The summed E-state index contributed by atoms with van der Waals surface area (Å²) in [4.78, 5) is 20.8. The molecule has 1 saturated heterocycles. The molecule has 0 aliphatic carbocycles. The average Bonchev–Trinajstić information content (AvgIpc) is 3.27. The molecular formula is C22H23FN4O3. The zero-order chi connectivity index (χ0) is 20.8. The first-order valence-corrected chi connectivity index (χ1v) is 9.98. The third-order valence-electron chi connectivity index (χ3n) is 5.48. The normalized spacial score (nSPS) is 15.6. The molecule has 156 valence electrons. The summed E-state index contributed by atoms with van der Waals surface area (Å²) >= 11 is 0. The molecule has 2 aromatic heterocycles. The minimum atomic E-state index is -0.324. The van der Waals surface area contributed by atoms with Crippen LogP contribution in [0, 0.1) is 5.82 Å². The molecule has 30 heavy (non-hydrogen) atoms. The van der Waals surface area contributed by atoms with Gasteiger partial charge in [-0.3, -0.25) is 9.78 Å². The van der Waals surface area contributed by atoms with E-state index >= 15 is 0 Å². The maximum absolute atomic E-state index is 13.8. The monoisotopic (exact) mass is 410 g/mol. The first kappa shape index (κ1) is 20.2. The van der Waals surface area contributed by atoms with Crippen LogP contribution in [-0.4, -0.2) is 40.8 Å². The Kier molecular flexibility index (Phi) is 6.13. The summed E-state index contributed by atoms with van der Waals surface area (Å²) in [7, 11) is 0. The largest absolute Gasteiger partial charge is 0.381 e. The highest BCUT2D eigenvalue weighted by Crippen LogP contribution is 2.34. The van der Waals surface area contributed by atoms with Crippen molar-refractivity contribution in [2.24, 2.45) is 0 Å². The van der Waals surface area contributed by atoms with Crippen molar-refractivity contribution in [3.8, 4) is 11.4 Å². The molecule has 1 aromatic carbocycles. The number of hydrogen-bond acceptors (Lipinski definition) is 6. The highest BCUT2D eigenvalue weighted by atomic mass is 19.1. The van der Waals surface area contributed by atoms with Crippen molar-refractivity contribution >= 4 is 5.91 Å². The van der Waals surface area contributed by atoms with Crippen molar-refractivity contribution in [3.63, 3.8) is 0 Å². The Hall–Kier alpha value is -3.13. The van der Waals surface area contributed by atoms with Gasteiger partial charge in [0, 0.05) is 56.0 Å². The molecule has 0 radical (unpaired) electrons. The lowest BCUT2D eigenvalue weighted by molar-refractivity contribution is -0.121. The fraction of sp³-hybridized carbons (Fsp3) is 0.364. The molecule has 8 heteroatoms. The van der Waals surface area contributed by atoms with E-state index < -0.39 is 0 Å². The van der Waals surface area contributed by atoms with Gasteiger partial charge in [0.05, 0.1) is 0 Å². The highest BCUT2D eigenvalue weighted by Gasteiger charge is 2.35. The number of aryl methyl sites for hydroxylation is 1. The van der Waals surface area contributed by atoms with E-state index in [1.165, 1.54) is 6.07 Å². The predicted octanol–water partition coefficient (Wildman–Crippen LogP) is 3.07. The first-order valence-electron chi connectivity index (χ1n) is 9.98. The quantitative estimate of drug-likeness (QED) is 0.644. The minimum absolute atomic E-state index is 0.110. The molecule has 0 saturated carbocycles. The van der Waals surface area contributed by atoms with E-state index in [0.29, 0.717) is 37.9 Å². The van der Waals surface area contributed by atoms with Gasteiger partial charge in [-0.15, -0.1) is 0 Å². The van der Waals surface area contributed by atoms with Gasteiger partial charge in [-0.1, -0.05) is 17.3 Å². The molecule has 0 unspecified atom stereocenters. The zero-order valence-corrected chi connectivity index (χ0v) is 16.5. The van der Waals surface area contributed by atoms with E-state index in [9.17, 15) is 9.18 Å². The van der Waals surface area contributed by atoms with Gasteiger partial charge >= 0.3 is 0 Å². The summed E-state index contributed by atoms with van der Waals surface area (Å²) < 4.78 is 24.5. The molecule has 4 rings (SSSR count). The van der Waals surface area contributed by atoms with Gasteiger partial charge in [0.1, 0.15) is 5.82 Å². The lowest BCUT2D eigenvalue weighted by atomic mass is 9.74. The lowest BCUT2D eigenvalue weighted by Crippen LogP contribution is -2.44. The van der Waals surface area contributed by atoms with E-state index in [2.05, 4.69) is 20.4 Å². The number of ether oxygens (including phenoxy) is 1. The molecule has 1 N–H and O–H groups in total. The van der Waals surface area contributed by atoms with E-state index in [1.807, 2.05) is 6.07 Å². The van der Waals surface area contributed by atoms with E-state index in [0.717, 1.165) is 24.0 Å². The molecule has 3 heterocycles. The van der Waals surface area contributed by atoms with Gasteiger partial charge in [0.15, 0.2) is 0 Å². The number of nitrogens with zero attached hydrogens (tertiary/aromatic N) is 3. The smallest absolute Gasteiger partial charge is 0.227 e. The molecular weight excluding hydrogens is 387 g/mol. The number of aromatic nitrogens is 3. The highest BCUT2D eigenvalue weighted by molar-refractivity contribution is 5.76. The number of benzene rings is 1. The van der Waals surface area contributed by atoms with E-state index in [4.69, 9.17) is 9.26 Å². The number of carbonyl (C=O) groups is 1.